The monoisotopic (exact) mass is 364 g/mol. The second-order valence-electron chi connectivity index (χ2n) is 7.45. The lowest BCUT2D eigenvalue weighted by Gasteiger charge is -2.29. The van der Waals surface area contributed by atoms with Crippen LogP contribution in [-0.4, -0.2) is 51.1 Å². The first-order chi connectivity index (χ1) is 13.3. The predicted molar refractivity (Wildman–Crippen MR) is 114 cm³/mol. The van der Waals surface area contributed by atoms with E-state index in [0.717, 1.165) is 25.0 Å². The molecule has 144 valence electrons. The Morgan fingerprint density at radius 3 is 2.04 bits per heavy atom. The van der Waals surface area contributed by atoms with Gasteiger partial charge in [-0.1, -0.05) is 60.7 Å². The standard InChI is InChI=1S/C23H32N4/c1-24-23(25-17-19-13-15-27(2)16-14-19)26-18-22(20-9-5-3-6-10-20)21-11-7-4-8-12-21/h3-12,19,22H,13-18H2,1-2H3,(H2,24,25,26). The minimum Gasteiger partial charge on any atom is -0.356 e. The summed E-state index contributed by atoms with van der Waals surface area (Å²) in [6.07, 6.45) is 2.52. The van der Waals surface area contributed by atoms with Gasteiger partial charge in [-0.2, -0.15) is 0 Å². The third kappa shape index (κ3) is 5.83. The van der Waals surface area contributed by atoms with Gasteiger partial charge in [0.15, 0.2) is 5.96 Å². The van der Waals surface area contributed by atoms with Crippen LogP contribution in [-0.2, 0) is 0 Å². The van der Waals surface area contributed by atoms with Gasteiger partial charge in [-0.15, -0.1) is 0 Å². The number of hydrogen-bond donors (Lipinski definition) is 2. The van der Waals surface area contributed by atoms with Crippen LogP contribution in [0.15, 0.2) is 65.7 Å². The van der Waals surface area contributed by atoms with Gasteiger partial charge < -0.3 is 15.5 Å². The van der Waals surface area contributed by atoms with Crippen LogP contribution in [0.4, 0.5) is 0 Å². The summed E-state index contributed by atoms with van der Waals surface area (Å²) in [7, 11) is 4.06. The molecule has 2 N–H and O–H groups in total. The molecule has 2 aromatic rings. The molecule has 0 aliphatic carbocycles. The molecule has 1 heterocycles. The Morgan fingerprint density at radius 2 is 1.52 bits per heavy atom. The molecule has 0 spiro atoms. The fourth-order valence-electron chi connectivity index (χ4n) is 3.73. The van der Waals surface area contributed by atoms with E-state index in [1.165, 1.54) is 37.1 Å². The van der Waals surface area contributed by atoms with E-state index in [1.807, 2.05) is 7.05 Å². The largest absolute Gasteiger partial charge is 0.356 e. The number of likely N-dealkylation sites (tertiary alicyclic amines) is 1. The molecule has 2 aromatic carbocycles. The maximum absolute atomic E-state index is 4.43. The molecule has 0 saturated carbocycles. The summed E-state index contributed by atoms with van der Waals surface area (Å²) in [5.41, 5.74) is 2.64. The van der Waals surface area contributed by atoms with Crippen LogP contribution in [0.1, 0.15) is 29.9 Å². The van der Waals surface area contributed by atoms with Crippen LogP contribution in [0.2, 0.25) is 0 Å². The van der Waals surface area contributed by atoms with Gasteiger partial charge in [-0.05, 0) is 50.0 Å². The van der Waals surface area contributed by atoms with E-state index >= 15 is 0 Å². The van der Waals surface area contributed by atoms with Crippen LogP contribution in [0.25, 0.3) is 0 Å². The van der Waals surface area contributed by atoms with Crippen molar-refractivity contribution in [2.45, 2.75) is 18.8 Å². The highest BCUT2D eigenvalue weighted by Crippen LogP contribution is 2.23. The highest BCUT2D eigenvalue weighted by atomic mass is 15.2. The highest BCUT2D eigenvalue weighted by Gasteiger charge is 2.18. The lowest BCUT2D eigenvalue weighted by molar-refractivity contribution is 0.220. The molecule has 3 rings (SSSR count). The van der Waals surface area contributed by atoms with Crippen molar-refractivity contribution in [1.82, 2.24) is 15.5 Å². The van der Waals surface area contributed by atoms with Crippen molar-refractivity contribution in [2.24, 2.45) is 10.9 Å². The van der Waals surface area contributed by atoms with Gasteiger partial charge in [0.2, 0.25) is 0 Å². The molecule has 0 aromatic heterocycles. The van der Waals surface area contributed by atoms with Crippen LogP contribution in [0, 0.1) is 5.92 Å². The second-order valence-corrected chi connectivity index (χ2v) is 7.45. The Labute approximate surface area is 163 Å². The Hall–Kier alpha value is -2.33. The predicted octanol–water partition coefficient (Wildman–Crippen LogP) is 3.33. The summed E-state index contributed by atoms with van der Waals surface area (Å²) in [4.78, 5) is 6.84. The number of benzene rings is 2. The molecule has 1 saturated heterocycles. The zero-order valence-corrected chi connectivity index (χ0v) is 16.6. The van der Waals surface area contributed by atoms with Crippen molar-refractivity contribution in [2.75, 3.05) is 40.3 Å². The quantitative estimate of drug-likeness (QED) is 0.610. The average molecular weight is 365 g/mol. The number of nitrogens with one attached hydrogen (secondary N) is 2. The van der Waals surface area contributed by atoms with Gasteiger partial charge in [0.05, 0.1) is 0 Å². The first kappa shape index (κ1) is 19.4. The van der Waals surface area contributed by atoms with Gasteiger partial charge in [0, 0.05) is 26.1 Å². The first-order valence-electron chi connectivity index (χ1n) is 9.99. The lowest BCUT2D eigenvalue weighted by Crippen LogP contribution is -2.43. The first-order valence-corrected chi connectivity index (χ1v) is 9.99. The van der Waals surface area contributed by atoms with Crippen molar-refractivity contribution in [3.8, 4) is 0 Å². The fourth-order valence-corrected chi connectivity index (χ4v) is 3.73. The van der Waals surface area contributed by atoms with Gasteiger partial charge in [0.25, 0.3) is 0 Å². The Kier molecular flexibility index (Phi) is 7.28. The van der Waals surface area contributed by atoms with Crippen LogP contribution < -0.4 is 10.6 Å². The number of aliphatic imine (C=N–C) groups is 1. The third-order valence-corrected chi connectivity index (χ3v) is 5.50. The topological polar surface area (TPSA) is 39.7 Å². The molecular weight excluding hydrogens is 332 g/mol. The smallest absolute Gasteiger partial charge is 0.191 e. The Balaban J connectivity index is 1.58. The minimum atomic E-state index is 0.300. The summed E-state index contributed by atoms with van der Waals surface area (Å²) in [5, 5.41) is 7.08. The van der Waals surface area contributed by atoms with Gasteiger partial charge >= 0.3 is 0 Å². The van der Waals surface area contributed by atoms with Gasteiger partial charge in [-0.3, -0.25) is 4.99 Å². The number of rotatable bonds is 6. The molecule has 0 unspecified atom stereocenters. The Morgan fingerprint density at radius 1 is 0.963 bits per heavy atom. The number of nitrogens with zero attached hydrogens (tertiary/aromatic N) is 2. The minimum absolute atomic E-state index is 0.300. The number of hydrogen-bond acceptors (Lipinski definition) is 2. The van der Waals surface area contributed by atoms with Crippen LogP contribution in [0.5, 0.6) is 0 Å². The van der Waals surface area contributed by atoms with Crippen molar-refractivity contribution < 1.29 is 0 Å². The van der Waals surface area contributed by atoms with Crippen molar-refractivity contribution >= 4 is 5.96 Å². The second kappa shape index (κ2) is 10.1. The normalized spacial score (nSPS) is 16.5. The van der Waals surface area contributed by atoms with Crippen molar-refractivity contribution in [1.29, 1.82) is 0 Å². The molecule has 4 nitrogen and oxygen atoms in total. The summed E-state index contributed by atoms with van der Waals surface area (Å²) >= 11 is 0. The molecule has 0 radical (unpaired) electrons. The summed E-state index contributed by atoms with van der Waals surface area (Å²) in [6.45, 7) is 4.21. The highest BCUT2D eigenvalue weighted by molar-refractivity contribution is 5.79. The zero-order valence-electron chi connectivity index (χ0n) is 16.6. The van der Waals surface area contributed by atoms with Crippen molar-refractivity contribution in [3.63, 3.8) is 0 Å². The number of guanidine groups is 1. The maximum Gasteiger partial charge on any atom is 0.191 e. The van der Waals surface area contributed by atoms with E-state index in [4.69, 9.17) is 0 Å². The van der Waals surface area contributed by atoms with Crippen LogP contribution >= 0.6 is 0 Å². The molecule has 1 aliphatic rings. The number of piperidine rings is 1. The molecular formula is C23H32N4. The van der Waals surface area contributed by atoms with E-state index in [-0.39, 0.29) is 0 Å². The van der Waals surface area contributed by atoms with E-state index in [2.05, 4.69) is 88.2 Å². The lowest BCUT2D eigenvalue weighted by atomic mass is 9.91. The van der Waals surface area contributed by atoms with Gasteiger partial charge in [0.1, 0.15) is 0 Å². The summed E-state index contributed by atoms with van der Waals surface area (Å²) < 4.78 is 0. The van der Waals surface area contributed by atoms with E-state index in [1.54, 1.807) is 0 Å². The maximum atomic E-state index is 4.43. The summed E-state index contributed by atoms with van der Waals surface area (Å²) in [6, 6.07) is 21.4. The average Bonchev–Trinajstić information content (AvgIpc) is 2.73. The third-order valence-electron chi connectivity index (χ3n) is 5.50. The van der Waals surface area contributed by atoms with Crippen LogP contribution in [0.3, 0.4) is 0 Å². The SMILES string of the molecule is CN=C(NCC1CCN(C)CC1)NCC(c1ccccc1)c1ccccc1. The summed E-state index contributed by atoms with van der Waals surface area (Å²) in [5.74, 6) is 1.93. The molecule has 27 heavy (non-hydrogen) atoms. The Bertz CT molecular complexity index is 651. The zero-order chi connectivity index (χ0) is 18.9. The molecule has 1 fully saturated rings. The van der Waals surface area contributed by atoms with E-state index in [9.17, 15) is 0 Å². The molecule has 1 aliphatic heterocycles. The molecule has 0 atom stereocenters. The van der Waals surface area contributed by atoms with E-state index < -0.39 is 0 Å². The van der Waals surface area contributed by atoms with E-state index in [0.29, 0.717) is 5.92 Å². The molecule has 4 heteroatoms. The fraction of sp³-hybridized carbons (Fsp3) is 0.435. The van der Waals surface area contributed by atoms with Crippen molar-refractivity contribution in [3.05, 3.63) is 71.8 Å². The molecule has 0 bridgehead atoms. The molecule has 0 amide bonds. The van der Waals surface area contributed by atoms with Gasteiger partial charge in [-0.25, -0.2) is 0 Å².